The van der Waals surface area contributed by atoms with Gasteiger partial charge in [0.25, 0.3) is 8.32 Å². The summed E-state index contributed by atoms with van der Waals surface area (Å²) in [6.07, 6.45) is 0. The molecule has 0 atom stereocenters. The molecule has 3 rings (SSSR count). The maximum atomic E-state index is 11.2. The van der Waals surface area contributed by atoms with Crippen molar-refractivity contribution < 1.29 is 14.0 Å². The highest BCUT2D eigenvalue weighted by atomic mass is 28.4. The summed E-state index contributed by atoms with van der Waals surface area (Å²) in [5, 5.41) is 9.42. The predicted molar refractivity (Wildman–Crippen MR) is 135 cm³/mol. The van der Waals surface area contributed by atoms with E-state index in [2.05, 4.69) is 33.8 Å². The molecule has 0 radical (unpaired) electrons. The summed E-state index contributed by atoms with van der Waals surface area (Å²) in [7, 11) is -2.26. The molecule has 0 fully saturated rings. The van der Waals surface area contributed by atoms with Crippen LogP contribution in [0, 0.1) is 11.3 Å². The van der Waals surface area contributed by atoms with Gasteiger partial charge in [0.2, 0.25) is 0 Å². The number of ether oxygens (including phenoxy) is 1. The summed E-state index contributed by atoms with van der Waals surface area (Å²) in [6.45, 7) is 10.4. The van der Waals surface area contributed by atoms with Crippen molar-refractivity contribution in [1.29, 1.82) is 5.26 Å². The number of hydrogen-bond acceptors (Lipinski definition) is 4. The van der Waals surface area contributed by atoms with Gasteiger partial charge in [-0.05, 0) is 58.1 Å². The van der Waals surface area contributed by atoms with E-state index in [0.717, 1.165) is 22.9 Å². The Morgan fingerprint density at radius 2 is 1.45 bits per heavy atom. The summed E-state index contributed by atoms with van der Waals surface area (Å²) in [5.74, 6) is 1.10. The molecule has 0 N–H and O–H groups in total. The summed E-state index contributed by atoms with van der Waals surface area (Å²) in [5.41, 5.74) is 4.56. The van der Waals surface area contributed by atoms with Gasteiger partial charge in [-0.3, -0.25) is 4.79 Å². The average Bonchev–Trinajstić information content (AvgIpc) is 2.79. The first kappa shape index (κ1) is 24.3. The topological polar surface area (TPSA) is 59.3 Å². The molecule has 170 valence electrons. The van der Waals surface area contributed by atoms with Crippen molar-refractivity contribution in [3.63, 3.8) is 0 Å². The molecule has 5 heteroatoms. The molecule has 0 heterocycles. The Kier molecular flexibility index (Phi) is 7.73. The standard InChI is InChI=1S/C28H31NO3Si/c1-20(2)33(21(3)4,19-23-10-14-26(15-11-23)31-22(5)30)32-27-16-12-24(13-17-27)28-9-7-6-8-25(28)18-29/h6-17,20-21H,19H2,1-5H3. The molecule has 0 amide bonds. The average molecular weight is 458 g/mol. The minimum absolute atomic E-state index is 0.319. The second kappa shape index (κ2) is 10.5. The van der Waals surface area contributed by atoms with E-state index in [-0.39, 0.29) is 5.97 Å². The van der Waals surface area contributed by atoms with Gasteiger partial charge in [0.05, 0.1) is 11.6 Å². The van der Waals surface area contributed by atoms with Gasteiger partial charge in [-0.15, -0.1) is 0 Å². The third kappa shape index (κ3) is 5.71. The van der Waals surface area contributed by atoms with Gasteiger partial charge in [0.15, 0.2) is 0 Å². The number of carbonyl (C=O) groups is 1. The summed E-state index contributed by atoms with van der Waals surface area (Å²) in [4.78, 5) is 11.2. The predicted octanol–water partition coefficient (Wildman–Crippen LogP) is 7.08. The molecule has 33 heavy (non-hydrogen) atoms. The van der Waals surface area contributed by atoms with E-state index in [1.807, 2.05) is 72.8 Å². The molecular formula is C28H31NO3Si. The Morgan fingerprint density at radius 3 is 2.00 bits per heavy atom. The molecule has 0 unspecified atom stereocenters. The van der Waals surface area contributed by atoms with Crippen LogP contribution in [0.3, 0.4) is 0 Å². The van der Waals surface area contributed by atoms with Crippen molar-refractivity contribution >= 4 is 14.3 Å². The van der Waals surface area contributed by atoms with E-state index in [4.69, 9.17) is 9.16 Å². The van der Waals surface area contributed by atoms with Crippen LogP contribution in [0.25, 0.3) is 11.1 Å². The van der Waals surface area contributed by atoms with Gasteiger partial charge in [-0.25, -0.2) is 0 Å². The smallest absolute Gasteiger partial charge is 0.308 e. The van der Waals surface area contributed by atoms with Gasteiger partial charge in [-0.2, -0.15) is 5.26 Å². The number of esters is 1. The van der Waals surface area contributed by atoms with Crippen molar-refractivity contribution in [2.75, 3.05) is 0 Å². The highest BCUT2D eigenvalue weighted by molar-refractivity contribution is 6.76. The fourth-order valence-corrected chi connectivity index (χ4v) is 8.40. The molecule has 4 nitrogen and oxygen atoms in total. The molecule has 0 saturated carbocycles. The van der Waals surface area contributed by atoms with Crippen molar-refractivity contribution in [1.82, 2.24) is 0 Å². The van der Waals surface area contributed by atoms with Crippen LogP contribution in [0.5, 0.6) is 11.5 Å². The van der Waals surface area contributed by atoms with Crippen LogP contribution in [0.2, 0.25) is 11.1 Å². The number of nitrogens with zero attached hydrogens (tertiary/aromatic N) is 1. The lowest BCUT2D eigenvalue weighted by Crippen LogP contribution is -2.50. The van der Waals surface area contributed by atoms with Crippen LogP contribution in [0.1, 0.15) is 45.7 Å². The Balaban J connectivity index is 1.87. The molecule has 0 bridgehead atoms. The molecule has 0 aliphatic heterocycles. The first-order valence-corrected chi connectivity index (χ1v) is 13.6. The Morgan fingerprint density at radius 1 is 0.879 bits per heavy atom. The Labute approximate surface area is 197 Å². The van der Waals surface area contributed by atoms with E-state index in [0.29, 0.717) is 22.4 Å². The zero-order valence-electron chi connectivity index (χ0n) is 20.0. The minimum Gasteiger partial charge on any atom is -0.543 e. The third-order valence-electron chi connectivity index (χ3n) is 6.14. The molecular weight excluding hydrogens is 426 g/mol. The van der Waals surface area contributed by atoms with E-state index < -0.39 is 8.32 Å². The maximum Gasteiger partial charge on any atom is 0.308 e. The van der Waals surface area contributed by atoms with Gasteiger partial charge < -0.3 is 9.16 Å². The second-order valence-corrected chi connectivity index (χ2v) is 13.7. The number of carbonyl (C=O) groups excluding carboxylic acids is 1. The first-order valence-electron chi connectivity index (χ1n) is 11.3. The van der Waals surface area contributed by atoms with E-state index in [9.17, 15) is 10.1 Å². The van der Waals surface area contributed by atoms with E-state index in [1.165, 1.54) is 12.5 Å². The monoisotopic (exact) mass is 457 g/mol. The zero-order valence-corrected chi connectivity index (χ0v) is 21.0. The van der Waals surface area contributed by atoms with Gasteiger partial charge >= 0.3 is 5.97 Å². The number of nitriles is 1. The highest BCUT2D eigenvalue weighted by Gasteiger charge is 2.44. The Hall–Kier alpha value is -3.36. The van der Waals surface area contributed by atoms with Crippen molar-refractivity contribution in [2.45, 2.75) is 51.7 Å². The van der Waals surface area contributed by atoms with Crippen LogP contribution < -0.4 is 9.16 Å². The zero-order chi connectivity index (χ0) is 24.0. The summed E-state index contributed by atoms with van der Waals surface area (Å²) in [6, 6.07) is 26.6. The van der Waals surface area contributed by atoms with E-state index in [1.54, 1.807) is 0 Å². The van der Waals surface area contributed by atoms with Gasteiger partial charge in [0, 0.05) is 13.0 Å². The van der Waals surface area contributed by atoms with Crippen molar-refractivity contribution in [3.05, 3.63) is 83.9 Å². The quantitative estimate of drug-likeness (QED) is 0.206. The molecule has 0 aromatic heterocycles. The van der Waals surface area contributed by atoms with Crippen LogP contribution in [0.15, 0.2) is 72.8 Å². The van der Waals surface area contributed by atoms with Crippen LogP contribution in [0.4, 0.5) is 0 Å². The lowest BCUT2D eigenvalue weighted by Gasteiger charge is -2.39. The van der Waals surface area contributed by atoms with Gasteiger partial charge in [0.1, 0.15) is 11.5 Å². The first-order chi connectivity index (χ1) is 15.7. The van der Waals surface area contributed by atoms with Crippen LogP contribution >= 0.6 is 0 Å². The lowest BCUT2D eigenvalue weighted by atomic mass is 10.0. The number of rotatable bonds is 8. The Bertz CT molecular complexity index is 1120. The third-order valence-corrected chi connectivity index (χ3v) is 11.6. The lowest BCUT2D eigenvalue weighted by molar-refractivity contribution is -0.131. The molecule has 0 aliphatic rings. The molecule has 0 spiro atoms. The SMILES string of the molecule is CC(=O)Oc1ccc(C[Si](Oc2ccc(-c3ccccc3C#N)cc2)(C(C)C)C(C)C)cc1. The summed E-state index contributed by atoms with van der Waals surface area (Å²) >= 11 is 0. The molecule has 3 aromatic carbocycles. The van der Waals surface area contributed by atoms with E-state index >= 15 is 0 Å². The van der Waals surface area contributed by atoms with Gasteiger partial charge in [-0.1, -0.05) is 70.2 Å². The maximum absolute atomic E-state index is 11.2. The van der Waals surface area contributed by atoms with Crippen molar-refractivity contribution in [2.24, 2.45) is 0 Å². The van der Waals surface area contributed by atoms with Crippen molar-refractivity contribution in [3.8, 4) is 28.7 Å². The highest BCUT2D eigenvalue weighted by Crippen LogP contribution is 2.38. The molecule has 3 aromatic rings. The normalized spacial score (nSPS) is 11.3. The largest absolute Gasteiger partial charge is 0.543 e. The fourth-order valence-electron chi connectivity index (χ4n) is 4.26. The number of benzene rings is 3. The second-order valence-electron chi connectivity index (χ2n) is 8.96. The summed E-state index contributed by atoms with van der Waals surface area (Å²) < 4.78 is 12.0. The molecule has 0 aliphatic carbocycles. The van der Waals surface area contributed by atoms with Crippen LogP contribution in [-0.2, 0) is 10.8 Å². The number of hydrogen-bond donors (Lipinski definition) is 0. The fraction of sp³-hybridized carbons (Fsp3) is 0.286. The minimum atomic E-state index is -2.26. The molecule has 0 saturated heterocycles. The van der Waals surface area contributed by atoms with Crippen LogP contribution in [-0.4, -0.2) is 14.3 Å².